The van der Waals surface area contributed by atoms with Gasteiger partial charge in [-0.15, -0.1) is 0 Å². The van der Waals surface area contributed by atoms with Crippen molar-refractivity contribution in [3.8, 4) is 0 Å². The van der Waals surface area contributed by atoms with Crippen LogP contribution in [0.3, 0.4) is 0 Å². The van der Waals surface area contributed by atoms with Crippen molar-refractivity contribution in [2.45, 2.75) is 26.4 Å². The second-order valence-electron chi connectivity index (χ2n) is 2.73. The highest BCUT2D eigenvalue weighted by Gasteiger charge is 1.97. The molecule has 0 spiro atoms. The van der Waals surface area contributed by atoms with E-state index in [0.717, 1.165) is 13.0 Å². The zero-order valence-electron chi connectivity index (χ0n) is 8.34. The number of hydrogen-bond acceptors (Lipinski definition) is 3. The molecule has 0 rings (SSSR count). The summed E-state index contributed by atoms with van der Waals surface area (Å²) < 4.78 is 15.5. The molecule has 74 valence electrons. The summed E-state index contributed by atoms with van der Waals surface area (Å²) in [6.07, 6.45) is 1.24. The van der Waals surface area contributed by atoms with Gasteiger partial charge in [0.15, 0.2) is 0 Å². The fraction of sp³-hybridized carbons (Fsp3) is 1.00. The van der Waals surface area contributed by atoms with Crippen molar-refractivity contribution in [1.82, 2.24) is 0 Å². The zero-order valence-corrected chi connectivity index (χ0v) is 8.34. The Morgan fingerprint density at radius 2 is 1.75 bits per heavy atom. The first-order valence-electron chi connectivity index (χ1n) is 4.49. The van der Waals surface area contributed by atoms with E-state index in [1.807, 2.05) is 6.92 Å². The Morgan fingerprint density at radius 1 is 1.08 bits per heavy atom. The van der Waals surface area contributed by atoms with Crippen molar-refractivity contribution in [2.75, 3.05) is 33.5 Å². The van der Waals surface area contributed by atoms with E-state index in [2.05, 4.69) is 6.92 Å². The van der Waals surface area contributed by atoms with E-state index in [0.29, 0.717) is 19.8 Å². The summed E-state index contributed by atoms with van der Waals surface area (Å²) in [4.78, 5) is 0. The Balaban J connectivity index is 2.90. The summed E-state index contributed by atoms with van der Waals surface area (Å²) in [7, 11) is 1.68. The number of hydrogen-bond donors (Lipinski definition) is 0. The second-order valence-corrected chi connectivity index (χ2v) is 2.73. The van der Waals surface area contributed by atoms with Crippen LogP contribution >= 0.6 is 0 Å². The summed E-state index contributed by atoms with van der Waals surface area (Å²) in [6, 6.07) is 0. The maximum absolute atomic E-state index is 5.28. The van der Waals surface area contributed by atoms with Crippen molar-refractivity contribution in [3.05, 3.63) is 0 Å². The quantitative estimate of drug-likeness (QED) is 0.524. The largest absolute Gasteiger partial charge is 0.379 e. The van der Waals surface area contributed by atoms with Gasteiger partial charge in [0.25, 0.3) is 0 Å². The van der Waals surface area contributed by atoms with Crippen LogP contribution in [0, 0.1) is 0 Å². The highest BCUT2D eigenvalue weighted by atomic mass is 16.5. The molecule has 0 aromatic carbocycles. The second kappa shape index (κ2) is 8.97. The van der Waals surface area contributed by atoms with Crippen LogP contribution in [0.1, 0.15) is 20.3 Å². The van der Waals surface area contributed by atoms with Gasteiger partial charge >= 0.3 is 0 Å². The summed E-state index contributed by atoms with van der Waals surface area (Å²) in [5.74, 6) is 0. The van der Waals surface area contributed by atoms with Gasteiger partial charge in [-0.1, -0.05) is 6.92 Å². The lowest BCUT2D eigenvalue weighted by molar-refractivity contribution is -0.00619. The molecule has 1 atom stereocenters. The van der Waals surface area contributed by atoms with Gasteiger partial charge < -0.3 is 14.2 Å². The van der Waals surface area contributed by atoms with Gasteiger partial charge in [-0.05, 0) is 13.3 Å². The van der Waals surface area contributed by atoms with Gasteiger partial charge in [-0.3, -0.25) is 0 Å². The third kappa shape index (κ3) is 7.98. The minimum Gasteiger partial charge on any atom is -0.379 e. The molecule has 3 nitrogen and oxygen atoms in total. The van der Waals surface area contributed by atoms with Crippen LogP contribution in [0.15, 0.2) is 0 Å². The first-order valence-corrected chi connectivity index (χ1v) is 4.49. The van der Waals surface area contributed by atoms with Gasteiger partial charge in [-0.25, -0.2) is 0 Å². The SMILES string of the molecule is CCCOCCOCC(C)OC. The lowest BCUT2D eigenvalue weighted by atomic mass is 10.4. The number of rotatable bonds is 8. The molecule has 0 aromatic rings. The fourth-order valence-corrected chi connectivity index (χ4v) is 0.682. The summed E-state index contributed by atoms with van der Waals surface area (Å²) >= 11 is 0. The standard InChI is InChI=1S/C9H20O3/c1-4-5-11-6-7-12-8-9(2)10-3/h9H,4-8H2,1-3H3. The van der Waals surface area contributed by atoms with Gasteiger partial charge in [0.2, 0.25) is 0 Å². The van der Waals surface area contributed by atoms with Crippen LogP contribution in [-0.2, 0) is 14.2 Å². The number of methoxy groups -OCH3 is 1. The number of ether oxygens (including phenoxy) is 3. The van der Waals surface area contributed by atoms with Crippen molar-refractivity contribution in [2.24, 2.45) is 0 Å². The molecule has 0 aliphatic rings. The van der Waals surface area contributed by atoms with E-state index in [4.69, 9.17) is 14.2 Å². The topological polar surface area (TPSA) is 27.7 Å². The first-order chi connectivity index (χ1) is 5.81. The molecule has 0 aliphatic carbocycles. The average molecular weight is 176 g/mol. The normalized spacial score (nSPS) is 13.2. The first kappa shape index (κ1) is 11.9. The molecule has 0 saturated carbocycles. The molecular weight excluding hydrogens is 156 g/mol. The van der Waals surface area contributed by atoms with E-state index in [1.54, 1.807) is 7.11 Å². The summed E-state index contributed by atoms with van der Waals surface area (Å²) in [5.41, 5.74) is 0. The van der Waals surface area contributed by atoms with Crippen LogP contribution in [-0.4, -0.2) is 39.6 Å². The molecule has 0 radical (unpaired) electrons. The Labute approximate surface area is 75.0 Å². The molecule has 0 aromatic heterocycles. The molecular formula is C9H20O3. The summed E-state index contributed by atoms with van der Waals surface area (Å²) in [6.45, 7) is 6.88. The van der Waals surface area contributed by atoms with Crippen LogP contribution in [0.5, 0.6) is 0 Å². The Kier molecular flexibility index (Phi) is 8.88. The molecule has 0 heterocycles. The average Bonchev–Trinajstić information content (AvgIpc) is 2.10. The van der Waals surface area contributed by atoms with E-state index < -0.39 is 0 Å². The highest BCUT2D eigenvalue weighted by Crippen LogP contribution is 1.89. The molecule has 0 fully saturated rings. The van der Waals surface area contributed by atoms with Crippen molar-refractivity contribution in [1.29, 1.82) is 0 Å². The minimum atomic E-state index is 0.177. The van der Waals surface area contributed by atoms with E-state index >= 15 is 0 Å². The molecule has 3 heteroatoms. The van der Waals surface area contributed by atoms with Crippen LogP contribution in [0.4, 0.5) is 0 Å². The maximum Gasteiger partial charge on any atom is 0.0776 e. The predicted octanol–water partition coefficient (Wildman–Crippen LogP) is 1.46. The highest BCUT2D eigenvalue weighted by molar-refractivity contribution is 4.44. The van der Waals surface area contributed by atoms with Crippen LogP contribution in [0.2, 0.25) is 0 Å². The molecule has 0 bridgehead atoms. The van der Waals surface area contributed by atoms with Gasteiger partial charge in [-0.2, -0.15) is 0 Å². The molecule has 0 aliphatic heterocycles. The monoisotopic (exact) mass is 176 g/mol. The molecule has 12 heavy (non-hydrogen) atoms. The van der Waals surface area contributed by atoms with Crippen molar-refractivity contribution < 1.29 is 14.2 Å². The third-order valence-electron chi connectivity index (χ3n) is 1.48. The zero-order chi connectivity index (χ0) is 9.23. The molecule has 0 N–H and O–H groups in total. The van der Waals surface area contributed by atoms with Crippen LogP contribution < -0.4 is 0 Å². The lowest BCUT2D eigenvalue weighted by Gasteiger charge is -2.09. The maximum atomic E-state index is 5.28. The van der Waals surface area contributed by atoms with Crippen molar-refractivity contribution >= 4 is 0 Å². The lowest BCUT2D eigenvalue weighted by Crippen LogP contribution is -2.16. The molecule has 1 unspecified atom stereocenters. The fourth-order valence-electron chi connectivity index (χ4n) is 0.682. The van der Waals surface area contributed by atoms with Crippen molar-refractivity contribution in [3.63, 3.8) is 0 Å². The molecule has 0 amide bonds. The minimum absolute atomic E-state index is 0.177. The summed E-state index contributed by atoms with van der Waals surface area (Å²) in [5, 5.41) is 0. The third-order valence-corrected chi connectivity index (χ3v) is 1.48. The Morgan fingerprint density at radius 3 is 2.33 bits per heavy atom. The Hall–Kier alpha value is -0.120. The van der Waals surface area contributed by atoms with E-state index in [9.17, 15) is 0 Å². The van der Waals surface area contributed by atoms with E-state index in [-0.39, 0.29) is 6.10 Å². The predicted molar refractivity (Wildman–Crippen MR) is 48.4 cm³/mol. The van der Waals surface area contributed by atoms with E-state index in [1.165, 1.54) is 0 Å². The van der Waals surface area contributed by atoms with Gasteiger partial charge in [0, 0.05) is 13.7 Å². The smallest absolute Gasteiger partial charge is 0.0776 e. The molecule has 0 saturated heterocycles. The van der Waals surface area contributed by atoms with Crippen LogP contribution in [0.25, 0.3) is 0 Å². The van der Waals surface area contributed by atoms with Gasteiger partial charge in [0.1, 0.15) is 0 Å². The Bertz CT molecular complexity index is 85.8. The van der Waals surface area contributed by atoms with Gasteiger partial charge in [0.05, 0.1) is 25.9 Å².